The van der Waals surface area contributed by atoms with Gasteiger partial charge in [-0.25, -0.2) is 4.99 Å². The van der Waals surface area contributed by atoms with Crippen molar-refractivity contribution in [1.29, 1.82) is 0 Å². The molecule has 0 radical (unpaired) electrons. The minimum absolute atomic E-state index is 0.121. The summed E-state index contributed by atoms with van der Waals surface area (Å²) >= 11 is 0. The Kier molecular flexibility index (Phi) is 7.56. The van der Waals surface area contributed by atoms with E-state index in [0.717, 1.165) is 63.7 Å². The fourth-order valence-corrected chi connectivity index (χ4v) is 3.90. The molecule has 1 aromatic heterocycles. The van der Waals surface area contributed by atoms with Crippen LogP contribution in [0.15, 0.2) is 27.8 Å². The zero-order valence-electron chi connectivity index (χ0n) is 16.5. The van der Waals surface area contributed by atoms with Crippen LogP contribution in [0.1, 0.15) is 38.4 Å². The third-order valence-electron chi connectivity index (χ3n) is 5.49. The number of guanidine groups is 1. The van der Waals surface area contributed by atoms with Crippen molar-refractivity contribution >= 4 is 11.9 Å². The molecule has 0 aliphatic carbocycles. The van der Waals surface area contributed by atoms with Crippen molar-refractivity contribution in [2.45, 2.75) is 45.1 Å². The molecule has 3 heterocycles. The number of hydrogen-bond acceptors (Lipinski definition) is 4. The van der Waals surface area contributed by atoms with Crippen LogP contribution in [0, 0.1) is 0 Å². The molecule has 2 fully saturated rings. The molecule has 0 bridgehead atoms. The first-order chi connectivity index (χ1) is 13.3. The lowest BCUT2D eigenvalue weighted by atomic mass is 10.2. The zero-order valence-corrected chi connectivity index (χ0v) is 16.5. The fourth-order valence-electron chi connectivity index (χ4n) is 3.90. The minimum Gasteiger partial charge on any atom is -0.469 e. The lowest BCUT2D eigenvalue weighted by molar-refractivity contribution is -0.128. The topological polar surface area (TPSA) is 73.1 Å². The van der Waals surface area contributed by atoms with Gasteiger partial charge in [-0.1, -0.05) is 6.92 Å². The van der Waals surface area contributed by atoms with Gasteiger partial charge in [-0.05, 0) is 50.9 Å². The Bertz CT molecular complexity index is 596. The molecule has 3 rings (SSSR count). The molecular formula is C20H33N5O2. The van der Waals surface area contributed by atoms with Crippen LogP contribution in [0.4, 0.5) is 0 Å². The third-order valence-corrected chi connectivity index (χ3v) is 5.49. The lowest BCUT2D eigenvalue weighted by Crippen LogP contribution is -2.45. The molecule has 2 aliphatic heterocycles. The average Bonchev–Trinajstić information content (AvgIpc) is 3.45. The molecule has 1 unspecified atom stereocenters. The van der Waals surface area contributed by atoms with E-state index in [1.165, 1.54) is 19.4 Å². The molecule has 0 aromatic carbocycles. The van der Waals surface area contributed by atoms with Crippen LogP contribution in [0.25, 0.3) is 0 Å². The predicted molar refractivity (Wildman–Crippen MR) is 107 cm³/mol. The number of nitrogens with zero attached hydrogens (tertiary/aromatic N) is 3. The Labute approximate surface area is 162 Å². The average molecular weight is 376 g/mol. The van der Waals surface area contributed by atoms with Crippen molar-refractivity contribution in [3.8, 4) is 0 Å². The van der Waals surface area contributed by atoms with Crippen LogP contribution in [-0.2, 0) is 11.2 Å². The van der Waals surface area contributed by atoms with E-state index in [1.807, 2.05) is 17.0 Å². The summed E-state index contributed by atoms with van der Waals surface area (Å²) in [6.45, 7) is 8.00. The number of likely N-dealkylation sites (N-methyl/N-ethyl adjacent to an activating group) is 1. The summed E-state index contributed by atoms with van der Waals surface area (Å²) in [6.07, 6.45) is 7.17. The Hall–Kier alpha value is -2.02. The molecule has 2 aliphatic rings. The summed E-state index contributed by atoms with van der Waals surface area (Å²) < 4.78 is 5.38. The summed E-state index contributed by atoms with van der Waals surface area (Å²) in [4.78, 5) is 21.3. The van der Waals surface area contributed by atoms with Crippen LogP contribution < -0.4 is 10.6 Å². The summed E-state index contributed by atoms with van der Waals surface area (Å²) in [6, 6.07) is 4.42. The first kappa shape index (κ1) is 19.7. The van der Waals surface area contributed by atoms with Crippen molar-refractivity contribution in [1.82, 2.24) is 20.4 Å². The molecule has 1 aromatic rings. The molecule has 0 saturated carbocycles. The molecule has 2 N–H and O–H groups in total. The molecule has 150 valence electrons. The van der Waals surface area contributed by atoms with Gasteiger partial charge >= 0.3 is 0 Å². The van der Waals surface area contributed by atoms with Crippen LogP contribution >= 0.6 is 0 Å². The van der Waals surface area contributed by atoms with Gasteiger partial charge in [-0.3, -0.25) is 9.69 Å². The number of hydrogen-bond donors (Lipinski definition) is 2. The van der Waals surface area contributed by atoms with Crippen molar-refractivity contribution in [3.05, 3.63) is 24.2 Å². The van der Waals surface area contributed by atoms with Crippen LogP contribution in [0.2, 0.25) is 0 Å². The maximum Gasteiger partial charge on any atom is 0.244 e. The highest BCUT2D eigenvalue weighted by Gasteiger charge is 2.23. The molecule has 27 heavy (non-hydrogen) atoms. The standard InChI is InChI=1S/C20H33N5O2/c1-2-24-13-5-7-17(24)15-22-20(21-10-9-18-8-6-14-27-18)23-16-19(26)25-11-3-4-12-25/h6,8,14,17H,2-5,7,9-13,15-16H2,1H3,(H2,21,22,23). The molecule has 1 amide bonds. The van der Waals surface area contributed by atoms with E-state index in [-0.39, 0.29) is 12.5 Å². The second-order valence-electron chi connectivity index (χ2n) is 7.31. The van der Waals surface area contributed by atoms with Crippen molar-refractivity contribution in [2.75, 3.05) is 45.8 Å². The summed E-state index contributed by atoms with van der Waals surface area (Å²) in [5.41, 5.74) is 0. The molecular weight excluding hydrogens is 342 g/mol. The number of amides is 1. The van der Waals surface area contributed by atoms with E-state index >= 15 is 0 Å². The Morgan fingerprint density at radius 2 is 2.11 bits per heavy atom. The first-order valence-electron chi connectivity index (χ1n) is 10.3. The normalized spacial score (nSPS) is 21.0. The number of aliphatic imine (C=N–C) groups is 1. The van der Waals surface area contributed by atoms with Gasteiger partial charge in [0.05, 0.1) is 6.26 Å². The third kappa shape index (κ3) is 5.99. The van der Waals surface area contributed by atoms with Crippen molar-refractivity contribution in [2.24, 2.45) is 4.99 Å². The number of rotatable bonds is 8. The van der Waals surface area contributed by atoms with Crippen LogP contribution in [0.3, 0.4) is 0 Å². The first-order valence-corrected chi connectivity index (χ1v) is 10.3. The van der Waals surface area contributed by atoms with E-state index in [0.29, 0.717) is 6.04 Å². The van der Waals surface area contributed by atoms with Gasteiger partial charge in [0.2, 0.25) is 5.91 Å². The van der Waals surface area contributed by atoms with Gasteiger partial charge in [0.1, 0.15) is 12.3 Å². The summed E-state index contributed by atoms with van der Waals surface area (Å²) in [7, 11) is 0. The van der Waals surface area contributed by atoms with E-state index in [9.17, 15) is 4.79 Å². The van der Waals surface area contributed by atoms with Gasteiger partial charge in [0.15, 0.2) is 5.96 Å². The smallest absolute Gasteiger partial charge is 0.244 e. The molecule has 7 heteroatoms. The number of nitrogens with one attached hydrogen (secondary N) is 2. The number of furan rings is 1. The molecule has 7 nitrogen and oxygen atoms in total. The second kappa shape index (κ2) is 10.3. The lowest BCUT2D eigenvalue weighted by Gasteiger charge is -2.24. The maximum atomic E-state index is 12.3. The van der Waals surface area contributed by atoms with E-state index < -0.39 is 0 Å². The van der Waals surface area contributed by atoms with Crippen molar-refractivity contribution in [3.63, 3.8) is 0 Å². The monoisotopic (exact) mass is 375 g/mol. The van der Waals surface area contributed by atoms with Gasteiger partial charge in [-0.15, -0.1) is 0 Å². The molecule has 0 spiro atoms. The number of likely N-dealkylation sites (tertiary alicyclic amines) is 2. The van der Waals surface area contributed by atoms with Crippen LogP contribution in [-0.4, -0.2) is 73.5 Å². The van der Waals surface area contributed by atoms with E-state index in [4.69, 9.17) is 4.42 Å². The molecule has 2 saturated heterocycles. The molecule has 1 atom stereocenters. The largest absolute Gasteiger partial charge is 0.469 e. The van der Waals surface area contributed by atoms with Gasteiger partial charge in [-0.2, -0.15) is 0 Å². The Morgan fingerprint density at radius 1 is 1.26 bits per heavy atom. The Morgan fingerprint density at radius 3 is 2.85 bits per heavy atom. The number of carbonyl (C=O) groups is 1. The Balaban J connectivity index is 1.51. The van der Waals surface area contributed by atoms with Gasteiger partial charge in [0, 0.05) is 38.6 Å². The quantitative estimate of drug-likeness (QED) is 0.532. The fraction of sp³-hybridized carbons (Fsp3) is 0.700. The number of carbonyl (C=O) groups excluding carboxylic acids is 1. The van der Waals surface area contributed by atoms with Gasteiger partial charge in [0.25, 0.3) is 0 Å². The minimum atomic E-state index is 0.121. The highest BCUT2D eigenvalue weighted by Crippen LogP contribution is 2.15. The van der Waals surface area contributed by atoms with Gasteiger partial charge < -0.3 is 20.0 Å². The second-order valence-corrected chi connectivity index (χ2v) is 7.31. The van der Waals surface area contributed by atoms with E-state index in [1.54, 1.807) is 6.26 Å². The summed E-state index contributed by atoms with van der Waals surface area (Å²) in [5, 5.41) is 6.80. The maximum absolute atomic E-state index is 12.3. The highest BCUT2D eigenvalue weighted by molar-refractivity contribution is 5.85. The SMILES string of the molecule is CCN1CCCC1CNC(=NCC(=O)N1CCCC1)NCCc1ccco1. The van der Waals surface area contributed by atoms with E-state index in [2.05, 4.69) is 27.4 Å². The highest BCUT2D eigenvalue weighted by atomic mass is 16.3. The summed E-state index contributed by atoms with van der Waals surface area (Å²) in [5.74, 6) is 1.79. The predicted octanol–water partition coefficient (Wildman–Crippen LogP) is 1.46. The van der Waals surface area contributed by atoms with Crippen molar-refractivity contribution < 1.29 is 9.21 Å². The van der Waals surface area contributed by atoms with Crippen LogP contribution in [0.5, 0.6) is 0 Å². The zero-order chi connectivity index (χ0) is 18.9.